The highest BCUT2D eigenvalue weighted by Crippen LogP contribution is 2.28. The van der Waals surface area contributed by atoms with E-state index in [2.05, 4.69) is 4.72 Å². The zero-order chi connectivity index (χ0) is 13.3. The molecule has 1 aromatic carbocycles. The SMILES string of the molecule is O=S(=O)(NCC1CC(O)C1)c1cc(Cl)ccc1Cl. The second-order valence-electron chi connectivity index (χ2n) is 4.42. The topological polar surface area (TPSA) is 66.4 Å². The van der Waals surface area contributed by atoms with Crippen LogP contribution in [0, 0.1) is 5.92 Å². The van der Waals surface area contributed by atoms with Crippen LogP contribution in [0.15, 0.2) is 23.1 Å². The Morgan fingerprint density at radius 3 is 2.61 bits per heavy atom. The zero-order valence-corrected chi connectivity index (χ0v) is 11.8. The molecule has 2 rings (SSSR count). The van der Waals surface area contributed by atoms with Gasteiger partial charge in [-0.2, -0.15) is 0 Å². The summed E-state index contributed by atoms with van der Waals surface area (Å²) in [7, 11) is -3.65. The van der Waals surface area contributed by atoms with Crippen molar-refractivity contribution in [2.24, 2.45) is 5.92 Å². The number of nitrogens with one attached hydrogen (secondary N) is 1. The van der Waals surface area contributed by atoms with Gasteiger partial charge in [-0.05, 0) is 37.0 Å². The number of aliphatic hydroxyl groups is 1. The Balaban J connectivity index is 2.08. The molecule has 18 heavy (non-hydrogen) atoms. The standard InChI is InChI=1S/C11H13Cl2NO3S/c12-8-1-2-10(13)11(5-8)18(16,17)14-6-7-3-9(15)4-7/h1-2,5,7,9,14-15H,3-4,6H2. The number of benzene rings is 1. The van der Waals surface area contributed by atoms with Gasteiger partial charge in [0.05, 0.1) is 11.1 Å². The first-order chi connectivity index (χ1) is 8.38. The van der Waals surface area contributed by atoms with E-state index in [1.54, 1.807) is 0 Å². The molecule has 0 heterocycles. The quantitative estimate of drug-likeness (QED) is 0.894. The molecule has 0 radical (unpaired) electrons. The van der Waals surface area contributed by atoms with Crippen molar-refractivity contribution in [3.8, 4) is 0 Å². The van der Waals surface area contributed by atoms with Gasteiger partial charge in [-0.3, -0.25) is 0 Å². The lowest BCUT2D eigenvalue weighted by molar-refractivity contribution is 0.0453. The minimum Gasteiger partial charge on any atom is -0.393 e. The second-order valence-corrected chi connectivity index (χ2v) is 7.00. The lowest BCUT2D eigenvalue weighted by atomic mass is 9.83. The highest BCUT2D eigenvalue weighted by atomic mass is 35.5. The molecule has 0 spiro atoms. The predicted octanol–water partition coefficient (Wildman–Crippen LogP) is 2.04. The second kappa shape index (κ2) is 5.35. The van der Waals surface area contributed by atoms with Gasteiger partial charge in [-0.1, -0.05) is 23.2 Å². The van der Waals surface area contributed by atoms with E-state index in [1.165, 1.54) is 18.2 Å². The van der Waals surface area contributed by atoms with Crippen LogP contribution in [0.5, 0.6) is 0 Å². The maximum atomic E-state index is 12.0. The molecule has 1 aliphatic carbocycles. The van der Waals surface area contributed by atoms with Gasteiger partial charge in [-0.15, -0.1) is 0 Å². The summed E-state index contributed by atoms with van der Waals surface area (Å²) >= 11 is 11.6. The first-order valence-electron chi connectivity index (χ1n) is 5.51. The first kappa shape index (κ1) is 14.1. The number of aliphatic hydroxyl groups excluding tert-OH is 1. The van der Waals surface area contributed by atoms with E-state index in [4.69, 9.17) is 28.3 Å². The van der Waals surface area contributed by atoms with E-state index in [9.17, 15) is 8.42 Å². The molecule has 4 nitrogen and oxygen atoms in total. The molecule has 100 valence electrons. The van der Waals surface area contributed by atoms with Crippen molar-refractivity contribution in [2.75, 3.05) is 6.54 Å². The van der Waals surface area contributed by atoms with Crippen LogP contribution in [-0.2, 0) is 10.0 Å². The van der Waals surface area contributed by atoms with Gasteiger partial charge in [0.15, 0.2) is 0 Å². The van der Waals surface area contributed by atoms with E-state index in [0.29, 0.717) is 24.4 Å². The summed E-state index contributed by atoms with van der Waals surface area (Å²) in [6.45, 7) is 0.308. The third kappa shape index (κ3) is 3.16. The minimum absolute atomic E-state index is 0.0171. The maximum Gasteiger partial charge on any atom is 0.242 e. The molecule has 0 atom stereocenters. The molecule has 1 saturated carbocycles. The van der Waals surface area contributed by atoms with Gasteiger partial charge in [0.25, 0.3) is 0 Å². The summed E-state index contributed by atoms with van der Waals surface area (Å²) in [4.78, 5) is -0.0171. The van der Waals surface area contributed by atoms with Gasteiger partial charge in [-0.25, -0.2) is 13.1 Å². The van der Waals surface area contributed by atoms with Crippen LogP contribution >= 0.6 is 23.2 Å². The van der Waals surface area contributed by atoms with E-state index in [-0.39, 0.29) is 21.9 Å². The molecule has 1 aromatic rings. The molecule has 2 N–H and O–H groups in total. The lowest BCUT2D eigenvalue weighted by Gasteiger charge is -2.31. The Morgan fingerprint density at radius 2 is 2.00 bits per heavy atom. The Labute approximate surface area is 116 Å². The van der Waals surface area contributed by atoms with Crippen LogP contribution in [0.4, 0.5) is 0 Å². The van der Waals surface area contributed by atoms with E-state index in [1.807, 2.05) is 0 Å². The van der Waals surface area contributed by atoms with E-state index in [0.717, 1.165) is 0 Å². The summed E-state index contributed by atoms with van der Waals surface area (Å²) in [5.74, 6) is 0.188. The van der Waals surface area contributed by atoms with Crippen molar-refractivity contribution in [1.29, 1.82) is 0 Å². The van der Waals surface area contributed by atoms with Crippen molar-refractivity contribution in [3.05, 3.63) is 28.2 Å². The van der Waals surface area contributed by atoms with Gasteiger partial charge in [0, 0.05) is 11.6 Å². The van der Waals surface area contributed by atoms with Crippen LogP contribution < -0.4 is 4.72 Å². The fourth-order valence-corrected chi connectivity index (χ4v) is 3.73. The molecule has 1 fully saturated rings. The van der Waals surface area contributed by atoms with Crippen LogP contribution in [0.2, 0.25) is 10.0 Å². The normalized spacial score (nSPS) is 23.7. The Morgan fingerprint density at radius 1 is 1.33 bits per heavy atom. The molecule has 0 aromatic heterocycles. The molecule has 1 aliphatic rings. The van der Waals surface area contributed by atoms with Gasteiger partial charge in [0.2, 0.25) is 10.0 Å². The summed E-state index contributed by atoms with van der Waals surface area (Å²) in [5.41, 5.74) is 0. The monoisotopic (exact) mass is 309 g/mol. The third-order valence-electron chi connectivity index (χ3n) is 2.96. The third-order valence-corrected chi connectivity index (χ3v) is 5.10. The van der Waals surface area contributed by atoms with E-state index >= 15 is 0 Å². The zero-order valence-electron chi connectivity index (χ0n) is 9.44. The predicted molar refractivity (Wildman–Crippen MR) is 70.4 cm³/mol. The van der Waals surface area contributed by atoms with Gasteiger partial charge >= 0.3 is 0 Å². The molecule has 0 unspecified atom stereocenters. The molecular formula is C11H13Cl2NO3S. The van der Waals surface area contributed by atoms with Crippen molar-refractivity contribution >= 4 is 33.2 Å². The number of rotatable bonds is 4. The number of hydrogen-bond donors (Lipinski definition) is 2. The molecule has 0 amide bonds. The number of sulfonamides is 1. The average Bonchev–Trinajstić information content (AvgIpc) is 2.26. The van der Waals surface area contributed by atoms with Crippen LogP contribution in [0.1, 0.15) is 12.8 Å². The molecule has 0 saturated heterocycles. The summed E-state index contributed by atoms with van der Waals surface area (Å²) in [5, 5.41) is 9.59. The van der Waals surface area contributed by atoms with Gasteiger partial charge in [0.1, 0.15) is 4.90 Å². The fourth-order valence-electron chi connectivity index (χ4n) is 1.86. The van der Waals surface area contributed by atoms with E-state index < -0.39 is 10.0 Å². The van der Waals surface area contributed by atoms with Crippen molar-refractivity contribution in [3.63, 3.8) is 0 Å². The smallest absolute Gasteiger partial charge is 0.242 e. The average molecular weight is 310 g/mol. The van der Waals surface area contributed by atoms with Crippen LogP contribution in [0.3, 0.4) is 0 Å². The molecule has 0 bridgehead atoms. The Hall–Kier alpha value is -0.330. The van der Waals surface area contributed by atoms with Crippen molar-refractivity contribution < 1.29 is 13.5 Å². The van der Waals surface area contributed by atoms with Gasteiger partial charge < -0.3 is 5.11 Å². The fraction of sp³-hybridized carbons (Fsp3) is 0.455. The number of halogens is 2. The largest absolute Gasteiger partial charge is 0.393 e. The number of hydrogen-bond acceptors (Lipinski definition) is 3. The summed E-state index contributed by atoms with van der Waals surface area (Å²) in [6, 6.07) is 4.30. The molecule has 7 heteroatoms. The van der Waals surface area contributed by atoms with Crippen LogP contribution in [-0.4, -0.2) is 26.2 Å². The highest BCUT2D eigenvalue weighted by Gasteiger charge is 2.29. The lowest BCUT2D eigenvalue weighted by Crippen LogP contribution is -2.38. The van der Waals surface area contributed by atoms with Crippen molar-refractivity contribution in [2.45, 2.75) is 23.8 Å². The Bertz CT molecular complexity index is 541. The van der Waals surface area contributed by atoms with Crippen molar-refractivity contribution in [1.82, 2.24) is 4.72 Å². The summed E-state index contributed by atoms with van der Waals surface area (Å²) < 4.78 is 26.5. The molecular weight excluding hydrogens is 297 g/mol. The highest BCUT2D eigenvalue weighted by molar-refractivity contribution is 7.89. The Kier molecular flexibility index (Phi) is 4.18. The minimum atomic E-state index is -3.65. The first-order valence-corrected chi connectivity index (χ1v) is 7.75. The maximum absolute atomic E-state index is 12.0. The molecule has 0 aliphatic heterocycles. The summed E-state index contributed by atoms with van der Waals surface area (Å²) in [6.07, 6.45) is 0.965. The van der Waals surface area contributed by atoms with Crippen LogP contribution in [0.25, 0.3) is 0 Å².